The van der Waals surface area contributed by atoms with Crippen molar-refractivity contribution in [3.8, 4) is 0 Å². The number of amides is 1. The van der Waals surface area contributed by atoms with Crippen LogP contribution in [0.1, 0.15) is 12.5 Å². The maximum atomic E-state index is 11.9. The summed E-state index contributed by atoms with van der Waals surface area (Å²) in [6, 6.07) is 7.86. The van der Waals surface area contributed by atoms with Crippen LogP contribution in [0.2, 0.25) is 0 Å². The number of benzene rings is 1. The van der Waals surface area contributed by atoms with E-state index in [4.69, 9.17) is 5.11 Å². The first-order valence-corrected chi connectivity index (χ1v) is 5.93. The van der Waals surface area contributed by atoms with Crippen LogP contribution in [-0.2, 0) is 11.2 Å². The summed E-state index contributed by atoms with van der Waals surface area (Å²) in [7, 11) is 0. The van der Waals surface area contributed by atoms with Gasteiger partial charge in [-0.05, 0) is 25.0 Å². The Bertz CT molecular complexity index is 406. The van der Waals surface area contributed by atoms with E-state index in [9.17, 15) is 4.79 Å². The number of nitrogens with one attached hydrogen (secondary N) is 2. The fourth-order valence-corrected chi connectivity index (χ4v) is 2.03. The number of carbonyl (C=O) groups excluding carboxylic acids is 1. The second-order valence-electron chi connectivity index (χ2n) is 4.53. The molecule has 3 N–H and O–H groups in total. The van der Waals surface area contributed by atoms with Gasteiger partial charge in [0, 0.05) is 18.3 Å². The Hall–Kier alpha value is -1.55. The van der Waals surface area contributed by atoms with E-state index in [1.54, 1.807) is 6.92 Å². The smallest absolute Gasteiger partial charge is 0.225 e. The molecule has 4 heteroatoms. The zero-order chi connectivity index (χ0) is 12.3. The summed E-state index contributed by atoms with van der Waals surface area (Å²) in [6.45, 7) is 2.42. The van der Waals surface area contributed by atoms with Gasteiger partial charge in [-0.15, -0.1) is 0 Å². The molecular formula is C13H18N2O2. The standard InChI is InChI=1S/C13H18N2O2/c1-9(8-16)15-13(17)11-6-10-4-2-3-5-12(10)14-7-11/h2-5,9,11,14,16H,6-8H2,1H3,(H,15,17)/t9-,11?/m1/s1. The largest absolute Gasteiger partial charge is 0.394 e. The fourth-order valence-electron chi connectivity index (χ4n) is 2.03. The van der Waals surface area contributed by atoms with Crippen molar-refractivity contribution in [2.45, 2.75) is 19.4 Å². The molecule has 0 spiro atoms. The highest BCUT2D eigenvalue weighted by Crippen LogP contribution is 2.24. The van der Waals surface area contributed by atoms with Crippen molar-refractivity contribution >= 4 is 11.6 Å². The van der Waals surface area contributed by atoms with E-state index in [1.807, 2.05) is 24.3 Å². The van der Waals surface area contributed by atoms with Gasteiger partial charge in [-0.3, -0.25) is 4.79 Å². The normalized spacial score (nSPS) is 20.0. The molecule has 4 nitrogen and oxygen atoms in total. The topological polar surface area (TPSA) is 61.4 Å². The lowest BCUT2D eigenvalue weighted by Crippen LogP contribution is -2.43. The summed E-state index contributed by atoms with van der Waals surface area (Å²) in [4.78, 5) is 11.9. The van der Waals surface area contributed by atoms with Crippen LogP contribution in [-0.4, -0.2) is 30.2 Å². The summed E-state index contributed by atoms with van der Waals surface area (Å²) in [5.74, 6) is -0.0487. The molecule has 0 fully saturated rings. The van der Waals surface area contributed by atoms with Crippen LogP contribution in [0.25, 0.3) is 0 Å². The van der Waals surface area contributed by atoms with Gasteiger partial charge in [-0.1, -0.05) is 18.2 Å². The van der Waals surface area contributed by atoms with Gasteiger partial charge in [0.1, 0.15) is 0 Å². The van der Waals surface area contributed by atoms with E-state index >= 15 is 0 Å². The third-order valence-electron chi connectivity index (χ3n) is 3.06. The monoisotopic (exact) mass is 234 g/mol. The maximum absolute atomic E-state index is 11.9. The minimum Gasteiger partial charge on any atom is -0.394 e. The van der Waals surface area contributed by atoms with E-state index in [2.05, 4.69) is 10.6 Å². The van der Waals surface area contributed by atoms with Crippen molar-refractivity contribution in [2.75, 3.05) is 18.5 Å². The molecule has 1 aliphatic rings. The molecule has 1 unspecified atom stereocenters. The number of carbonyl (C=O) groups is 1. The van der Waals surface area contributed by atoms with Gasteiger partial charge in [0.25, 0.3) is 0 Å². The Kier molecular flexibility index (Phi) is 3.64. The van der Waals surface area contributed by atoms with Crippen molar-refractivity contribution < 1.29 is 9.90 Å². The van der Waals surface area contributed by atoms with Crippen LogP contribution >= 0.6 is 0 Å². The Morgan fingerprint density at radius 3 is 3.12 bits per heavy atom. The molecule has 1 heterocycles. The zero-order valence-electron chi connectivity index (χ0n) is 9.94. The molecule has 0 aliphatic carbocycles. The first-order chi connectivity index (χ1) is 8.20. The van der Waals surface area contributed by atoms with Crippen molar-refractivity contribution in [3.63, 3.8) is 0 Å². The van der Waals surface area contributed by atoms with Gasteiger partial charge >= 0.3 is 0 Å². The molecule has 1 aromatic rings. The molecule has 0 aromatic heterocycles. The minimum absolute atomic E-state index is 0.00792. The van der Waals surface area contributed by atoms with Crippen LogP contribution in [0.4, 0.5) is 5.69 Å². The molecule has 92 valence electrons. The van der Waals surface area contributed by atoms with E-state index in [-0.39, 0.29) is 24.5 Å². The SMILES string of the molecule is C[C@H](CO)NC(=O)C1CNc2ccccc2C1. The predicted molar refractivity (Wildman–Crippen MR) is 66.8 cm³/mol. The second kappa shape index (κ2) is 5.19. The molecule has 2 rings (SSSR count). The number of aliphatic hydroxyl groups is 1. The summed E-state index contributed by atoms with van der Waals surface area (Å²) >= 11 is 0. The van der Waals surface area contributed by atoms with Crippen LogP contribution in [0, 0.1) is 5.92 Å². The van der Waals surface area contributed by atoms with Crippen molar-refractivity contribution in [3.05, 3.63) is 29.8 Å². The van der Waals surface area contributed by atoms with Crippen molar-refractivity contribution in [1.29, 1.82) is 0 Å². The van der Waals surface area contributed by atoms with Gasteiger partial charge in [0.15, 0.2) is 0 Å². The molecule has 1 amide bonds. The average molecular weight is 234 g/mol. The first kappa shape index (κ1) is 11.9. The molecule has 1 aromatic carbocycles. The third kappa shape index (κ3) is 2.77. The number of anilines is 1. The van der Waals surface area contributed by atoms with E-state index < -0.39 is 0 Å². The molecule has 0 bridgehead atoms. The number of fused-ring (bicyclic) bond motifs is 1. The molecule has 2 atom stereocenters. The Morgan fingerprint density at radius 2 is 2.35 bits per heavy atom. The highest BCUT2D eigenvalue weighted by molar-refractivity contribution is 5.81. The lowest BCUT2D eigenvalue weighted by Gasteiger charge is -2.26. The number of aliphatic hydroxyl groups excluding tert-OH is 1. The summed E-state index contributed by atoms with van der Waals surface area (Å²) in [6.07, 6.45) is 0.757. The van der Waals surface area contributed by atoms with Gasteiger partial charge in [-0.2, -0.15) is 0 Å². The Labute approximate surface area is 101 Å². The van der Waals surface area contributed by atoms with Gasteiger partial charge < -0.3 is 15.7 Å². The van der Waals surface area contributed by atoms with E-state index in [0.717, 1.165) is 12.1 Å². The van der Waals surface area contributed by atoms with Crippen LogP contribution in [0.3, 0.4) is 0 Å². The highest BCUT2D eigenvalue weighted by atomic mass is 16.3. The lowest BCUT2D eigenvalue weighted by molar-refractivity contribution is -0.125. The fraction of sp³-hybridized carbons (Fsp3) is 0.462. The molecule has 17 heavy (non-hydrogen) atoms. The highest BCUT2D eigenvalue weighted by Gasteiger charge is 2.24. The van der Waals surface area contributed by atoms with Gasteiger partial charge in [0.2, 0.25) is 5.91 Å². The van der Waals surface area contributed by atoms with Crippen molar-refractivity contribution in [1.82, 2.24) is 5.32 Å². The molecule has 0 saturated carbocycles. The van der Waals surface area contributed by atoms with Crippen LogP contribution in [0.15, 0.2) is 24.3 Å². The number of rotatable bonds is 3. The van der Waals surface area contributed by atoms with Crippen molar-refractivity contribution in [2.24, 2.45) is 5.92 Å². The van der Waals surface area contributed by atoms with Crippen LogP contribution < -0.4 is 10.6 Å². The lowest BCUT2D eigenvalue weighted by atomic mass is 9.93. The second-order valence-corrected chi connectivity index (χ2v) is 4.53. The van der Waals surface area contributed by atoms with E-state index in [0.29, 0.717) is 6.54 Å². The molecule has 0 radical (unpaired) electrons. The number of hydrogen-bond donors (Lipinski definition) is 3. The quantitative estimate of drug-likeness (QED) is 0.724. The first-order valence-electron chi connectivity index (χ1n) is 5.93. The predicted octanol–water partition coefficient (Wildman–Crippen LogP) is 0.768. The number of hydrogen-bond acceptors (Lipinski definition) is 3. The molecular weight excluding hydrogens is 216 g/mol. The summed E-state index contributed by atoms with van der Waals surface area (Å²) in [5.41, 5.74) is 2.29. The molecule has 0 saturated heterocycles. The van der Waals surface area contributed by atoms with Gasteiger partial charge in [-0.25, -0.2) is 0 Å². The summed E-state index contributed by atoms with van der Waals surface area (Å²) in [5, 5.41) is 15.0. The average Bonchev–Trinajstić information content (AvgIpc) is 2.38. The Balaban J connectivity index is 2.00. The zero-order valence-corrected chi connectivity index (χ0v) is 9.94. The van der Waals surface area contributed by atoms with Crippen LogP contribution in [0.5, 0.6) is 0 Å². The number of para-hydroxylation sites is 1. The Morgan fingerprint density at radius 1 is 1.59 bits per heavy atom. The maximum Gasteiger partial charge on any atom is 0.225 e. The van der Waals surface area contributed by atoms with E-state index in [1.165, 1.54) is 5.56 Å². The summed E-state index contributed by atoms with van der Waals surface area (Å²) < 4.78 is 0. The van der Waals surface area contributed by atoms with Gasteiger partial charge in [0.05, 0.1) is 12.5 Å². The minimum atomic E-state index is -0.181. The molecule has 1 aliphatic heterocycles. The third-order valence-corrected chi connectivity index (χ3v) is 3.06.